The highest BCUT2D eigenvalue weighted by molar-refractivity contribution is 6.01. The molecule has 0 fully saturated rings. The summed E-state index contributed by atoms with van der Waals surface area (Å²) in [6.07, 6.45) is -0.113. The van der Waals surface area contributed by atoms with Crippen molar-refractivity contribution >= 4 is 17.6 Å². The van der Waals surface area contributed by atoms with Crippen LogP contribution in [0.3, 0.4) is 0 Å². The van der Waals surface area contributed by atoms with Gasteiger partial charge in [0.05, 0.1) is 19.3 Å². The van der Waals surface area contributed by atoms with Crippen molar-refractivity contribution in [3.8, 4) is 11.5 Å². The molecule has 6 nitrogen and oxygen atoms in total. The van der Waals surface area contributed by atoms with Crippen LogP contribution in [0.5, 0.6) is 11.5 Å². The van der Waals surface area contributed by atoms with E-state index in [-0.39, 0.29) is 11.9 Å². The number of hydrogen-bond donors (Lipinski definition) is 0. The van der Waals surface area contributed by atoms with Gasteiger partial charge in [0.25, 0.3) is 5.91 Å². The Morgan fingerprint density at radius 3 is 2.64 bits per heavy atom. The highest BCUT2D eigenvalue weighted by atomic mass is 16.5. The minimum absolute atomic E-state index is 0.0246. The number of methoxy groups -OCH3 is 1. The number of benzene rings is 2. The number of esters is 1. The first-order valence-corrected chi connectivity index (χ1v) is 9.39. The number of rotatable bonds is 6. The SMILES string of the molecule is CCOc1cc(C(=O)O[C@@H](C)C(=O)N2c3ccccc3C[C@H]2C)ccc1OC. The Morgan fingerprint density at radius 2 is 1.93 bits per heavy atom. The lowest BCUT2D eigenvalue weighted by Crippen LogP contribution is -2.43. The molecule has 0 saturated heterocycles. The van der Waals surface area contributed by atoms with E-state index in [9.17, 15) is 9.59 Å². The third kappa shape index (κ3) is 3.81. The van der Waals surface area contributed by atoms with Gasteiger partial charge < -0.3 is 19.1 Å². The molecule has 0 N–H and O–H groups in total. The summed E-state index contributed by atoms with van der Waals surface area (Å²) < 4.78 is 16.2. The number of carbonyl (C=O) groups excluding carboxylic acids is 2. The molecule has 3 rings (SSSR count). The van der Waals surface area contributed by atoms with E-state index < -0.39 is 12.1 Å². The first kappa shape index (κ1) is 19.7. The van der Waals surface area contributed by atoms with Crippen molar-refractivity contribution in [3.05, 3.63) is 53.6 Å². The van der Waals surface area contributed by atoms with Gasteiger partial charge >= 0.3 is 5.97 Å². The molecule has 0 saturated carbocycles. The van der Waals surface area contributed by atoms with Crippen molar-refractivity contribution < 1.29 is 23.8 Å². The van der Waals surface area contributed by atoms with E-state index in [1.54, 1.807) is 30.0 Å². The Hall–Kier alpha value is -3.02. The zero-order valence-corrected chi connectivity index (χ0v) is 16.6. The lowest BCUT2D eigenvalue weighted by atomic mass is 10.1. The molecule has 2 atom stereocenters. The second-order valence-corrected chi connectivity index (χ2v) is 6.74. The largest absolute Gasteiger partial charge is 0.493 e. The van der Waals surface area contributed by atoms with Crippen LogP contribution in [-0.4, -0.2) is 37.7 Å². The van der Waals surface area contributed by atoms with E-state index in [1.165, 1.54) is 7.11 Å². The second kappa shape index (κ2) is 8.33. The molecule has 0 spiro atoms. The summed E-state index contributed by atoms with van der Waals surface area (Å²) in [5.74, 6) is 0.180. The quantitative estimate of drug-likeness (QED) is 0.713. The number of anilines is 1. The molecule has 0 unspecified atom stereocenters. The normalized spacial score (nSPS) is 16.3. The predicted molar refractivity (Wildman–Crippen MR) is 106 cm³/mol. The van der Waals surface area contributed by atoms with E-state index in [2.05, 4.69) is 0 Å². The van der Waals surface area contributed by atoms with Gasteiger partial charge in [-0.05, 0) is 57.0 Å². The molecule has 6 heteroatoms. The average molecular weight is 383 g/mol. The summed E-state index contributed by atoms with van der Waals surface area (Å²) in [6.45, 7) is 5.88. The van der Waals surface area contributed by atoms with Gasteiger partial charge in [0.2, 0.25) is 0 Å². The number of para-hydroxylation sites is 1. The van der Waals surface area contributed by atoms with Crippen molar-refractivity contribution in [2.24, 2.45) is 0 Å². The Morgan fingerprint density at radius 1 is 1.18 bits per heavy atom. The van der Waals surface area contributed by atoms with Gasteiger partial charge in [-0.1, -0.05) is 18.2 Å². The molecule has 0 aromatic heterocycles. The molecule has 0 aliphatic carbocycles. The summed E-state index contributed by atoms with van der Waals surface area (Å²) in [4.78, 5) is 27.2. The number of ether oxygens (including phenoxy) is 3. The Balaban J connectivity index is 1.74. The van der Waals surface area contributed by atoms with Gasteiger partial charge in [0, 0.05) is 11.7 Å². The molecule has 2 aromatic rings. The smallest absolute Gasteiger partial charge is 0.339 e. The topological polar surface area (TPSA) is 65.1 Å². The molecular formula is C22H25NO5. The monoisotopic (exact) mass is 383 g/mol. The van der Waals surface area contributed by atoms with Gasteiger partial charge in [-0.3, -0.25) is 4.79 Å². The van der Waals surface area contributed by atoms with Crippen molar-refractivity contribution in [2.45, 2.75) is 39.3 Å². The van der Waals surface area contributed by atoms with Crippen molar-refractivity contribution in [1.82, 2.24) is 0 Å². The van der Waals surface area contributed by atoms with E-state index >= 15 is 0 Å². The Labute approximate surface area is 165 Å². The van der Waals surface area contributed by atoms with Crippen LogP contribution < -0.4 is 14.4 Å². The van der Waals surface area contributed by atoms with Crippen LogP contribution in [0, 0.1) is 0 Å². The van der Waals surface area contributed by atoms with E-state index in [1.807, 2.05) is 38.1 Å². The molecule has 28 heavy (non-hydrogen) atoms. The summed E-state index contributed by atoms with van der Waals surface area (Å²) in [5, 5.41) is 0. The minimum atomic E-state index is -0.904. The van der Waals surface area contributed by atoms with Crippen LogP contribution >= 0.6 is 0 Å². The second-order valence-electron chi connectivity index (χ2n) is 6.74. The molecule has 0 bridgehead atoms. The fourth-order valence-corrected chi connectivity index (χ4v) is 3.45. The zero-order valence-electron chi connectivity index (χ0n) is 16.6. The van der Waals surface area contributed by atoms with Gasteiger partial charge in [0.15, 0.2) is 17.6 Å². The third-order valence-electron chi connectivity index (χ3n) is 4.78. The molecule has 148 valence electrons. The first-order chi connectivity index (χ1) is 13.5. The third-order valence-corrected chi connectivity index (χ3v) is 4.78. The lowest BCUT2D eigenvalue weighted by Gasteiger charge is -2.26. The van der Waals surface area contributed by atoms with Gasteiger partial charge in [-0.2, -0.15) is 0 Å². The maximum Gasteiger partial charge on any atom is 0.339 e. The van der Waals surface area contributed by atoms with Crippen molar-refractivity contribution in [1.29, 1.82) is 0 Å². The molecule has 1 aliphatic heterocycles. The highest BCUT2D eigenvalue weighted by Gasteiger charge is 2.34. The minimum Gasteiger partial charge on any atom is -0.493 e. The first-order valence-electron chi connectivity index (χ1n) is 9.39. The fraction of sp³-hybridized carbons (Fsp3) is 0.364. The predicted octanol–water partition coefficient (Wildman–Crippen LogP) is 3.62. The standard InChI is InChI=1S/C22H25NO5/c1-5-27-20-13-17(10-11-19(20)26-4)22(25)28-15(3)21(24)23-14(2)12-16-8-6-7-9-18(16)23/h6-11,13-15H,5,12H2,1-4H3/t14-,15+/m1/s1. The number of amides is 1. The maximum absolute atomic E-state index is 13.0. The van der Waals surface area contributed by atoms with Crippen LogP contribution in [-0.2, 0) is 16.0 Å². The van der Waals surface area contributed by atoms with Crippen LogP contribution in [0.15, 0.2) is 42.5 Å². The Kier molecular flexibility index (Phi) is 5.87. The highest BCUT2D eigenvalue weighted by Crippen LogP contribution is 2.33. The molecule has 2 aromatic carbocycles. The maximum atomic E-state index is 13.0. The van der Waals surface area contributed by atoms with Crippen molar-refractivity contribution in [2.75, 3.05) is 18.6 Å². The summed E-state index contributed by atoms with van der Waals surface area (Å²) in [7, 11) is 1.53. The number of hydrogen-bond acceptors (Lipinski definition) is 5. The molecule has 1 amide bonds. The van der Waals surface area contributed by atoms with Gasteiger partial charge in [-0.15, -0.1) is 0 Å². The molecule has 1 heterocycles. The average Bonchev–Trinajstić information content (AvgIpc) is 3.03. The molecule has 1 aliphatic rings. The molecular weight excluding hydrogens is 358 g/mol. The number of fused-ring (bicyclic) bond motifs is 1. The summed E-state index contributed by atoms with van der Waals surface area (Å²) in [5.41, 5.74) is 2.31. The van der Waals surface area contributed by atoms with Crippen LogP contribution in [0.1, 0.15) is 36.7 Å². The van der Waals surface area contributed by atoms with Crippen LogP contribution in [0.2, 0.25) is 0 Å². The van der Waals surface area contributed by atoms with Crippen LogP contribution in [0.4, 0.5) is 5.69 Å². The van der Waals surface area contributed by atoms with E-state index in [0.29, 0.717) is 23.7 Å². The fourth-order valence-electron chi connectivity index (χ4n) is 3.45. The summed E-state index contributed by atoms with van der Waals surface area (Å²) in [6, 6.07) is 12.6. The van der Waals surface area contributed by atoms with E-state index in [4.69, 9.17) is 14.2 Å². The molecule has 0 radical (unpaired) electrons. The Bertz CT molecular complexity index is 879. The summed E-state index contributed by atoms with van der Waals surface area (Å²) >= 11 is 0. The number of carbonyl (C=O) groups is 2. The van der Waals surface area contributed by atoms with Gasteiger partial charge in [0.1, 0.15) is 0 Å². The lowest BCUT2D eigenvalue weighted by molar-refractivity contribution is -0.126. The van der Waals surface area contributed by atoms with Crippen molar-refractivity contribution in [3.63, 3.8) is 0 Å². The van der Waals surface area contributed by atoms with Gasteiger partial charge in [-0.25, -0.2) is 4.79 Å². The van der Waals surface area contributed by atoms with Crippen LogP contribution in [0.25, 0.3) is 0 Å². The zero-order chi connectivity index (χ0) is 20.3. The number of nitrogens with zero attached hydrogens (tertiary/aromatic N) is 1. The van der Waals surface area contributed by atoms with E-state index in [0.717, 1.165) is 17.7 Å².